The van der Waals surface area contributed by atoms with Gasteiger partial charge in [0.2, 0.25) is 0 Å². The number of Topliss-reactive ketones (excluding diaryl/α,β-unsaturated/α-hetero) is 1. The van der Waals surface area contributed by atoms with Crippen molar-refractivity contribution in [3.8, 4) is 0 Å². The Morgan fingerprint density at radius 3 is 1.16 bits per heavy atom. The van der Waals surface area contributed by atoms with Crippen LogP contribution in [0.3, 0.4) is 0 Å². The number of rotatable bonds is 36. The van der Waals surface area contributed by atoms with Gasteiger partial charge < -0.3 is 0 Å². The first-order valence-corrected chi connectivity index (χ1v) is 22.6. The summed E-state index contributed by atoms with van der Waals surface area (Å²) in [7, 11) is 0. The molecule has 0 aliphatic carbocycles. The summed E-state index contributed by atoms with van der Waals surface area (Å²) in [5.74, 6) is -0.000175. The van der Waals surface area contributed by atoms with Crippen LogP contribution >= 0.6 is 0 Å². The van der Waals surface area contributed by atoms with Gasteiger partial charge in [-0.2, -0.15) is 0 Å². The van der Waals surface area contributed by atoms with Gasteiger partial charge in [0, 0.05) is 0 Å². The van der Waals surface area contributed by atoms with Gasteiger partial charge in [-0.25, -0.2) is 0 Å². The summed E-state index contributed by atoms with van der Waals surface area (Å²) in [5.41, 5.74) is -0.276. The van der Waals surface area contributed by atoms with E-state index in [1.807, 2.05) is 0 Å². The number of unbranched alkanes of at least 4 members (excludes halogenated alkanes) is 22. The maximum atomic E-state index is 13.0. The van der Waals surface area contributed by atoms with Crippen LogP contribution in [0.15, 0.2) is 11.6 Å². The third kappa shape index (κ3) is 33.9. The number of allylic oxidation sites excluding steroid dienone is 1. The first-order valence-electron chi connectivity index (χ1n) is 20.7. The monoisotopic (exact) mass is 727 g/mol. The van der Waals surface area contributed by atoms with Crippen LogP contribution in [0.2, 0.25) is 0 Å². The first kappa shape index (κ1) is 48.0. The van der Waals surface area contributed by atoms with E-state index in [-0.39, 0.29) is 23.9 Å². The molecule has 0 atom stereocenters. The minimum atomic E-state index is -3.78. The third-order valence-corrected chi connectivity index (χ3v) is 10.8. The molecule has 0 aromatic heterocycles. The average molecular weight is 727 g/mol. The minimum absolute atomic E-state index is 0.183. The molecule has 0 rings (SSSR count). The first-order chi connectivity index (χ1) is 23.5. The summed E-state index contributed by atoms with van der Waals surface area (Å²) >= 11 is -3.78. The fourth-order valence-electron chi connectivity index (χ4n) is 6.19. The number of carbonyl (C=O) groups is 3. The molecular formula is C42H78O6Ti. The molecule has 286 valence electrons. The molecule has 0 saturated heterocycles. The van der Waals surface area contributed by atoms with Crippen LogP contribution in [0.5, 0.6) is 0 Å². The summed E-state index contributed by atoms with van der Waals surface area (Å²) in [6.07, 6.45) is 32.9. The molecule has 49 heavy (non-hydrogen) atoms. The average Bonchev–Trinajstić information content (AvgIpc) is 3.02. The van der Waals surface area contributed by atoms with Crippen LogP contribution in [0.4, 0.5) is 0 Å². The molecule has 6 nitrogen and oxygen atoms in total. The van der Waals surface area contributed by atoms with Crippen molar-refractivity contribution >= 4 is 17.5 Å². The number of hydrogen-bond donors (Lipinski definition) is 0. The zero-order chi connectivity index (χ0) is 36.5. The molecule has 0 bridgehead atoms. The molecule has 0 fully saturated rings. The molecule has 0 amide bonds. The fourth-order valence-corrected chi connectivity index (χ4v) is 7.28. The summed E-state index contributed by atoms with van der Waals surface area (Å²) in [6, 6.07) is 0. The quantitative estimate of drug-likeness (QED) is 0.0210. The van der Waals surface area contributed by atoms with E-state index in [2.05, 4.69) is 27.7 Å². The van der Waals surface area contributed by atoms with Crippen molar-refractivity contribution in [3.05, 3.63) is 11.6 Å². The van der Waals surface area contributed by atoms with Gasteiger partial charge in [-0.05, 0) is 11.8 Å². The molecular weight excluding hydrogens is 648 g/mol. The van der Waals surface area contributed by atoms with E-state index in [0.29, 0.717) is 12.8 Å². The van der Waals surface area contributed by atoms with Gasteiger partial charge in [-0.15, -0.1) is 0 Å². The third-order valence-electron chi connectivity index (χ3n) is 9.22. The van der Waals surface area contributed by atoms with Crippen molar-refractivity contribution in [2.24, 2.45) is 11.8 Å². The molecule has 7 heteroatoms. The van der Waals surface area contributed by atoms with Crippen molar-refractivity contribution in [1.82, 2.24) is 0 Å². The Morgan fingerprint density at radius 2 is 0.816 bits per heavy atom. The van der Waals surface area contributed by atoms with Crippen molar-refractivity contribution in [3.63, 3.8) is 0 Å². The predicted molar refractivity (Wildman–Crippen MR) is 200 cm³/mol. The second-order valence-electron chi connectivity index (χ2n) is 15.6. The van der Waals surface area contributed by atoms with Gasteiger partial charge in [0.05, 0.1) is 0 Å². The molecule has 0 N–H and O–H groups in total. The number of ketones is 2. The van der Waals surface area contributed by atoms with Crippen LogP contribution in [0.1, 0.15) is 221 Å². The van der Waals surface area contributed by atoms with E-state index in [0.717, 1.165) is 56.4 Å². The summed E-state index contributed by atoms with van der Waals surface area (Å²) in [5, 5.41) is 0. The Labute approximate surface area is 310 Å². The SMILES string of the molecule is CC(C)CCCCCCCCCCCCCCC(=O)C=C(C(=O)CCCCCCCCCCCCCCC(C)C)C(=O)[O][Ti](=[O])[O]C(C)C. The van der Waals surface area contributed by atoms with Gasteiger partial charge in [-0.3, -0.25) is 0 Å². The van der Waals surface area contributed by atoms with E-state index >= 15 is 0 Å². The van der Waals surface area contributed by atoms with Crippen LogP contribution in [-0.2, 0) is 43.0 Å². The summed E-state index contributed by atoms with van der Waals surface area (Å²) < 4.78 is 22.3. The van der Waals surface area contributed by atoms with Gasteiger partial charge in [0.1, 0.15) is 0 Å². The Balaban J connectivity index is 4.32. The van der Waals surface area contributed by atoms with Crippen LogP contribution < -0.4 is 0 Å². The standard InChI is InChI=1S/C39H72O4.C3H7O.O.Ti/c1-34(2)29-25-21-17-13-9-5-7-11-15-19-23-27-31-36(40)33-37(39(42)43)38(41)32-28-24-20-16-12-8-6-10-14-18-22-26-30-35(3)4;1-3(2)4;;/h33-35H,5-32H2,1-4H3,(H,42,43);3H,1-2H3;;/q;-1;;+2/p-1. The topological polar surface area (TPSA) is 86.7 Å². The molecule has 0 aliphatic heterocycles. The summed E-state index contributed by atoms with van der Waals surface area (Å²) in [4.78, 5) is 38.6. The molecule has 0 unspecified atom stereocenters. The van der Waals surface area contributed by atoms with E-state index in [9.17, 15) is 17.7 Å². The Morgan fingerprint density at radius 1 is 0.490 bits per heavy atom. The fraction of sp³-hybridized carbons (Fsp3) is 0.881. The molecule has 0 heterocycles. The normalized spacial score (nSPS) is 12.0. The summed E-state index contributed by atoms with van der Waals surface area (Å²) in [6.45, 7) is 12.6. The van der Waals surface area contributed by atoms with Crippen molar-refractivity contribution in [2.75, 3.05) is 0 Å². The molecule has 0 aromatic rings. The molecule has 0 saturated carbocycles. The second-order valence-corrected chi connectivity index (χ2v) is 17.1. The van der Waals surface area contributed by atoms with Crippen LogP contribution in [0.25, 0.3) is 0 Å². The number of carbonyl (C=O) groups excluding carboxylic acids is 3. The van der Waals surface area contributed by atoms with Gasteiger partial charge in [-0.1, -0.05) is 111 Å². The molecule has 0 aliphatic rings. The van der Waals surface area contributed by atoms with Crippen molar-refractivity contribution < 1.29 is 43.0 Å². The van der Waals surface area contributed by atoms with E-state index in [4.69, 9.17) is 6.64 Å². The maximum absolute atomic E-state index is 13.0. The van der Waals surface area contributed by atoms with Gasteiger partial charge in [0.25, 0.3) is 0 Å². The Hall–Kier alpha value is -0.976. The van der Waals surface area contributed by atoms with Crippen molar-refractivity contribution in [2.45, 2.75) is 227 Å². The van der Waals surface area contributed by atoms with Crippen LogP contribution in [0, 0.1) is 11.8 Å². The Kier molecular flexibility index (Phi) is 33.4. The second kappa shape index (κ2) is 34.1. The Bertz CT molecular complexity index is 878. The molecule has 0 spiro atoms. The zero-order valence-corrected chi connectivity index (χ0v) is 34.6. The van der Waals surface area contributed by atoms with E-state index < -0.39 is 30.4 Å². The molecule has 0 aromatic carbocycles. The molecule has 0 radical (unpaired) electrons. The van der Waals surface area contributed by atoms with Gasteiger partial charge >= 0.3 is 188 Å². The zero-order valence-electron chi connectivity index (χ0n) is 33.1. The van der Waals surface area contributed by atoms with E-state index in [1.165, 1.54) is 122 Å². The number of hydrogen-bond acceptors (Lipinski definition) is 6. The van der Waals surface area contributed by atoms with Crippen LogP contribution in [-0.4, -0.2) is 23.6 Å². The van der Waals surface area contributed by atoms with Gasteiger partial charge in [0.15, 0.2) is 0 Å². The van der Waals surface area contributed by atoms with Crippen molar-refractivity contribution in [1.29, 1.82) is 0 Å². The predicted octanol–water partition coefficient (Wildman–Crippen LogP) is 13.0. The van der Waals surface area contributed by atoms with E-state index in [1.54, 1.807) is 13.8 Å².